The SMILES string of the molecule is CC1CCCC(OC2OCC3C2=C2C=CC3C2)C1. The van der Waals surface area contributed by atoms with Crippen molar-refractivity contribution < 1.29 is 9.47 Å². The molecule has 18 heavy (non-hydrogen) atoms. The third-order valence-electron chi connectivity index (χ3n) is 5.17. The summed E-state index contributed by atoms with van der Waals surface area (Å²) in [6.45, 7) is 3.22. The molecule has 0 radical (unpaired) electrons. The second-order valence-electron chi connectivity index (χ2n) is 6.51. The lowest BCUT2D eigenvalue weighted by molar-refractivity contribution is -0.139. The molecule has 0 spiro atoms. The first-order valence-electron chi connectivity index (χ1n) is 7.49. The van der Waals surface area contributed by atoms with Crippen molar-refractivity contribution in [3.8, 4) is 0 Å². The van der Waals surface area contributed by atoms with Crippen LogP contribution in [0.15, 0.2) is 23.3 Å². The molecule has 1 heterocycles. The number of allylic oxidation sites excluding steroid dienone is 3. The van der Waals surface area contributed by atoms with Crippen LogP contribution in [-0.4, -0.2) is 19.0 Å². The van der Waals surface area contributed by atoms with Crippen LogP contribution in [-0.2, 0) is 9.47 Å². The molecule has 2 nitrogen and oxygen atoms in total. The number of ether oxygens (including phenoxy) is 2. The van der Waals surface area contributed by atoms with Gasteiger partial charge in [-0.25, -0.2) is 0 Å². The molecule has 5 unspecified atom stereocenters. The summed E-state index contributed by atoms with van der Waals surface area (Å²) in [7, 11) is 0. The van der Waals surface area contributed by atoms with Gasteiger partial charge in [-0.3, -0.25) is 0 Å². The van der Waals surface area contributed by atoms with Gasteiger partial charge in [0.1, 0.15) is 0 Å². The minimum atomic E-state index is -0.0183. The summed E-state index contributed by atoms with van der Waals surface area (Å²) in [5, 5.41) is 0. The van der Waals surface area contributed by atoms with Crippen LogP contribution in [0.3, 0.4) is 0 Å². The molecular formula is C16H22O2. The molecule has 2 heteroatoms. The van der Waals surface area contributed by atoms with Crippen molar-refractivity contribution in [2.24, 2.45) is 17.8 Å². The molecule has 98 valence electrons. The lowest BCUT2D eigenvalue weighted by Gasteiger charge is -2.29. The Bertz CT molecular complexity index is 409. The third-order valence-corrected chi connectivity index (χ3v) is 5.17. The van der Waals surface area contributed by atoms with Crippen molar-refractivity contribution in [3.63, 3.8) is 0 Å². The Kier molecular flexibility index (Phi) is 2.63. The maximum absolute atomic E-state index is 6.28. The van der Waals surface area contributed by atoms with Gasteiger partial charge in [-0.15, -0.1) is 0 Å². The van der Waals surface area contributed by atoms with Gasteiger partial charge in [-0.2, -0.15) is 0 Å². The fraction of sp³-hybridized carbons (Fsp3) is 0.750. The third kappa shape index (κ3) is 1.70. The highest BCUT2D eigenvalue weighted by atomic mass is 16.7. The molecule has 0 aromatic carbocycles. The molecule has 5 atom stereocenters. The van der Waals surface area contributed by atoms with E-state index in [1.165, 1.54) is 43.3 Å². The molecule has 0 amide bonds. The van der Waals surface area contributed by atoms with E-state index in [9.17, 15) is 0 Å². The van der Waals surface area contributed by atoms with Gasteiger partial charge in [0.25, 0.3) is 0 Å². The van der Waals surface area contributed by atoms with Crippen LogP contribution >= 0.6 is 0 Å². The van der Waals surface area contributed by atoms with Crippen LogP contribution in [0.5, 0.6) is 0 Å². The maximum atomic E-state index is 6.28. The molecule has 1 saturated heterocycles. The Balaban J connectivity index is 1.48. The number of rotatable bonds is 2. The first-order valence-corrected chi connectivity index (χ1v) is 7.49. The van der Waals surface area contributed by atoms with E-state index in [1.807, 2.05) is 0 Å². The zero-order valence-electron chi connectivity index (χ0n) is 11.1. The van der Waals surface area contributed by atoms with Crippen molar-refractivity contribution in [1.82, 2.24) is 0 Å². The second-order valence-corrected chi connectivity index (χ2v) is 6.51. The summed E-state index contributed by atoms with van der Waals surface area (Å²) in [6, 6.07) is 0. The minimum absolute atomic E-state index is 0.0183. The fourth-order valence-corrected chi connectivity index (χ4v) is 4.20. The van der Waals surface area contributed by atoms with Crippen LogP contribution in [0, 0.1) is 17.8 Å². The predicted octanol–water partition coefficient (Wildman–Crippen LogP) is 3.44. The molecule has 2 bridgehead atoms. The summed E-state index contributed by atoms with van der Waals surface area (Å²) in [4.78, 5) is 0. The average molecular weight is 246 g/mol. The average Bonchev–Trinajstić information content (AvgIpc) is 3.02. The lowest BCUT2D eigenvalue weighted by atomic mass is 9.88. The van der Waals surface area contributed by atoms with Gasteiger partial charge in [-0.1, -0.05) is 31.9 Å². The molecule has 4 rings (SSSR count). The Labute approximate surface area is 109 Å². The van der Waals surface area contributed by atoms with Gasteiger partial charge in [-0.05, 0) is 42.2 Å². The van der Waals surface area contributed by atoms with E-state index < -0.39 is 0 Å². The summed E-state index contributed by atoms with van der Waals surface area (Å²) in [5.41, 5.74) is 3.00. The van der Waals surface area contributed by atoms with E-state index in [0.717, 1.165) is 12.5 Å². The number of fused-ring (bicyclic) bond motifs is 4. The van der Waals surface area contributed by atoms with E-state index in [4.69, 9.17) is 9.47 Å². The normalized spacial score (nSPS) is 45.9. The second kappa shape index (κ2) is 4.21. The summed E-state index contributed by atoms with van der Waals surface area (Å²) >= 11 is 0. The minimum Gasteiger partial charge on any atom is -0.348 e. The first kappa shape index (κ1) is 11.2. The van der Waals surface area contributed by atoms with Crippen LogP contribution in [0.1, 0.15) is 39.0 Å². The van der Waals surface area contributed by atoms with E-state index >= 15 is 0 Å². The number of hydrogen-bond acceptors (Lipinski definition) is 2. The highest BCUT2D eigenvalue weighted by Crippen LogP contribution is 2.49. The highest BCUT2D eigenvalue weighted by molar-refractivity contribution is 5.43. The van der Waals surface area contributed by atoms with Crippen LogP contribution in [0.25, 0.3) is 0 Å². The van der Waals surface area contributed by atoms with Crippen molar-refractivity contribution >= 4 is 0 Å². The molecule has 3 aliphatic carbocycles. The molecule has 4 aliphatic rings. The maximum Gasteiger partial charge on any atom is 0.181 e. The van der Waals surface area contributed by atoms with Crippen molar-refractivity contribution in [1.29, 1.82) is 0 Å². The Morgan fingerprint density at radius 3 is 3.17 bits per heavy atom. The molecule has 0 aromatic heterocycles. The molecule has 2 fully saturated rings. The van der Waals surface area contributed by atoms with Gasteiger partial charge < -0.3 is 9.47 Å². The van der Waals surface area contributed by atoms with Gasteiger partial charge in [0.2, 0.25) is 0 Å². The Hall–Kier alpha value is -0.600. The molecule has 0 N–H and O–H groups in total. The Morgan fingerprint density at radius 1 is 1.33 bits per heavy atom. The zero-order chi connectivity index (χ0) is 12.1. The highest BCUT2D eigenvalue weighted by Gasteiger charge is 2.45. The molecule has 1 aliphatic heterocycles. The zero-order valence-corrected chi connectivity index (χ0v) is 11.1. The van der Waals surface area contributed by atoms with E-state index in [0.29, 0.717) is 17.9 Å². The fourth-order valence-electron chi connectivity index (χ4n) is 4.20. The molecule has 1 saturated carbocycles. The molecular weight excluding hydrogens is 224 g/mol. The van der Waals surface area contributed by atoms with E-state index in [2.05, 4.69) is 19.1 Å². The summed E-state index contributed by atoms with van der Waals surface area (Å²) in [5.74, 6) is 2.17. The summed E-state index contributed by atoms with van der Waals surface area (Å²) in [6.07, 6.45) is 11.4. The van der Waals surface area contributed by atoms with Crippen molar-refractivity contribution in [2.75, 3.05) is 6.61 Å². The van der Waals surface area contributed by atoms with Crippen LogP contribution in [0.2, 0.25) is 0 Å². The smallest absolute Gasteiger partial charge is 0.181 e. The standard InChI is InChI=1S/C16H22O2/c1-10-3-2-4-13(7-10)18-16-15-12-6-5-11(8-12)14(15)9-17-16/h5-6,10-11,13-14,16H,2-4,7-9H2,1H3. The van der Waals surface area contributed by atoms with Crippen LogP contribution in [0.4, 0.5) is 0 Å². The Morgan fingerprint density at radius 2 is 2.28 bits per heavy atom. The number of hydrogen-bond donors (Lipinski definition) is 0. The van der Waals surface area contributed by atoms with Crippen molar-refractivity contribution in [3.05, 3.63) is 23.3 Å². The topological polar surface area (TPSA) is 18.5 Å². The predicted molar refractivity (Wildman–Crippen MR) is 70.0 cm³/mol. The van der Waals surface area contributed by atoms with E-state index in [1.54, 1.807) is 0 Å². The van der Waals surface area contributed by atoms with Crippen LogP contribution < -0.4 is 0 Å². The lowest BCUT2D eigenvalue weighted by Crippen LogP contribution is -2.28. The largest absolute Gasteiger partial charge is 0.348 e. The first-order chi connectivity index (χ1) is 8.81. The van der Waals surface area contributed by atoms with Crippen molar-refractivity contribution in [2.45, 2.75) is 51.4 Å². The molecule has 0 aromatic rings. The van der Waals surface area contributed by atoms with Gasteiger partial charge >= 0.3 is 0 Å². The quantitative estimate of drug-likeness (QED) is 0.743. The summed E-state index contributed by atoms with van der Waals surface area (Å²) < 4.78 is 12.2. The van der Waals surface area contributed by atoms with Gasteiger partial charge in [0, 0.05) is 5.92 Å². The monoisotopic (exact) mass is 246 g/mol. The van der Waals surface area contributed by atoms with Gasteiger partial charge in [0.15, 0.2) is 6.29 Å². The van der Waals surface area contributed by atoms with Gasteiger partial charge in [0.05, 0.1) is 12.7 Å². The van der Waals surface area contributed by atoms with E-state index in [-0.39, 0.29) is 6.29 Å².